The molecule has 3 heteroatoms. The number of benzene rings is 1. The zero-order chi connectivity index (χ0) is 16.4. The molecule has 2 unspecified atom stereocenters. The predicted molar refractivity (Wildman–Crippen MR) is 93.7 cm³/mol. The molecule has 0 fully saturated rings. The van der Waals surface area contributed by atoms with E-state index in [2.05, 4.69) is 62.3 Å². The summed E-state index contributed by atoms with van der Waals surface area (Å²) in [5.74, 6) is 1.04. The van der Waals surface area contributed by atoms with Crippen molar-refractivity contribution in [2.75, 3.05) is 0 Å². The molecule has 122 valence electrons. The zero-order valence-electron chi connectivity index (χ0n) is 14.5. The van der Waals surface area contributed by atoms with E-state index in [1.54, 1.807) is 0 Å². The van der Waals surface area contributed by atoms with E-state index in [9.17, 15) is 0 Å². The lowest BCUT2D eigenvalue weighted by Crippen LogP contribution is -2.41. The van der Waals surface area contributed by atoms with Crippen LogP contribution in [0.15, 0.2) is 36.7 Å². The number of fused-ring (bicyclic) bond motifs is 1. The van der Waals surface area contributed by atoms with Crippen molar-refractivity contribution in [3.63, 3.8) is 0 Å². The highest BCUT2D eigenvalue weighted by molar-refractivity contribution is 5.45. The molecule has 0 amide bonds. The van der Waals surface area contributed by atoms with Gasteiger partial charge in [0.15, 0.2) is 0 Å². The Balaban J connectivity index is 1.88. The van der Waals surface area contributed by atoms with Crippen molar-refractivity contribution in [3.8, 4) is 5.75 Å². The molecule has 2 heterocycles. The van der Waals surface area contributed by atoms with Crippen molar-refractivity contribution in [2.24, 2.45) is 0 Å². The predicted octanol–water partition coefficient (Wildman–Crippen LogP) is 4.48. The van der Waals surface area contributed by atoms with Gasteiger partial charge < -0.3 is 10.1 Å². The summed E-state index contributed by atoms with van der Waals surface area (Å²) in [6, 6.07) is 8.92. The number of ether oxygens (including phenoxy) is 1. The van der Waals surface area contributed by atoms with Crippen LogP contribution >= 0.6 is 0 Å². The van der Waals surface area contributed by atoms with Crippen molar-refractivity contribution >= 4 is 0 Å². The first-order chi connectivity index (χ1) is 11.0. The van der Waals surface area contributed by atoms with E-state index in [0.717, 1.165) is 25.1 Å². The maximum absolute atomic E-state index is 6.34. The van der Waals surface area contributed by atoms with E-state index in [-0.39, 0.29) is 5.60 Å². The third-order valence-corrected chi connectivity index (χ3v) is 5.04. The van der Waals surface area contributed by atoms with Gasteiger partial charge in [-0.15, -0.1) is 0 Å². The average molecular weight is 310 g/mol. The lowest BCUT2D eigenvalue weighted by molar-refractivity contribution is 0.0438. The second-order valence-electron chi connectivity index (χ2n) is 6.87. The van der Waals surface area contributed by atoms with Crippen molar-refractivity contribution in [1.82, 2.24) is 10.3 Å². The third kappa shape index (κ3) is 3.40. The lowest BCUT2D eigenvalue weighted by atomic mass is 9.85. The standard InChI is InChI=1S/C20H26N2O/c1-5-20(4)12-18(22-13-16-6-8-21-9-7-16)17-10-14(2)15(3)11-19(17)23-20/h6-11,18,22H,5,12-13H2,1-4H3. The highest BCUT2D eigenvalue weighted by Gasteiger charge is 2.36. The molecule has 0 saturated carbocycles. The van der Waals surface area contributed by atoms with Crippen LogP contribution in [0.3, 0.4) is 0 Å². The maximum atomic E-state index is 6.34. The minimum Gasteiger partial charge on any atom is -0.487 e. The number of rotatable bonds is 4. The van der Waals surface area contributed by atoms with Gasteiger partial charge in [0, 0.05) is 37.0 Å². The van der Waals surface area contributed by atoms with E-state index >= 15 is 0 Å². The summed E-state index contributed by atoms with van der Waals surface area (Å²) >= 11 is 0. The molecule has 3 rings (SSSR count). The summed E-state index contributed by atoms with van der Waals surface area (Å²) in [6.07, 6.45) is 5.69. The Labute approximate surface area is 139 Å². The molecule has 0 aliphatic carbocycles. The topological polar surface area (TPSA) is 34.2 Å². The maximum Gasteiger partial charge on any atom is 0.125 e. The van der Waals surface area contributed by atoms with Crippen LogP contribution in [-0.2, 0) is 6.54 Å². The lowest BCUT2D eigenvalue weighted by Gasteiger charge is -2.40. The fourth-order valence-corrected chi connectivity index (χ4v) is 3.16. The van der Waals surface area contributed by atoms with Gasteiger partial charge in [-0.3, -0.25) is 4.98 Å². The van der Waals surface area contributed by atoms with Gasteiger partial charge in [-0.05, 0) is 62.1 Å². The van der Waals surface area contributed by atoms with Crippen LogP contribution < -0.4 is 10.1 Å². The van der Waals surface area contributed by atoms with Crippen LogP contribution in [0.5, 0.6) is 5.75 Å². The van der Waals surface area contributed by atoms with Gasteiger partial charge in [-0.25, -0.2) is 0 Å². The van der Waals surface area contributed by atoms with Crippen molar-refractivity contribution in [2.45, 2.75) is 58.7 Å². The molecule has 1 aliphatic rings. The average Bonchev–Trinajstić information content (AvgIpc) is 2.55. The largest absolute Gasteiger partial charge is 0.487 e. The molecule has 0 bridgehead atoms. The van der Waals surface area contributed by atoms with Gasteiger partial charge in [0.1, 0.15) is 11.4 Å². The first-order valence-electron chi connectivity index (χ1n) is 8.43. The number of aromatic nitrogens is 1. The fourth-order valence-electron chi connectivity index (χ4n) is 3.16. The minimum atomic E-state index is -0.107. The Hall–Kier alpha value is -1.87. The Morgan fingerprint density at radius 2 is 1.91 bits per heavy atom. The smallest absolute Gasteiger partial charge is 0.125 e. The minimum absolute atomic E-state index is 0.107. The molecule has 1 aromatic heterocycles. The van der Waals surface area contributed by atoms with Crippen molar-refractivity contribution < 1.29 is 4.74 Å². The van der Waals surface area contributed by atoms with Gasteiger partial charge in [0.2, 0.25) is 0 Å². The summed E-state index contributed by atoms with van der Waals surface area (Å²) < 4.78 is 6.34. The molecular formula is C20H26N2O. The molecule has 2 aromatic rings. The second kappa shape index (κ2) is 6.32. The fraction of sp³-hybridized carbons (Fsp3) is 0.450. The van der Waals surface area contributed by atoms with E-state index < -0.39 is 0 Å². The first-order valence-corrected chi connectivity index (χ1v) is 8.43. The molecule has 0 radical (unpaired) electrons. The van der Waals surface area contributed by atoms with Crippen LogP contribution in [0.1, 0.15) is 55.0 Å². The van der Waals surface area contributed by atoms with Crippen molar-refractivity contribution in [1.29, 1.82) is 0 Å². The van der Waals surface area contributed by atoms with Crippen LogP contribution in [0.4, 0.5) is 0 Å². The molecule has 1 N–H and O–H groups in total. The van der Waals surface area contributed by atoms with Crippen molar-refractivity contribution in [3.05, 3.63) is 58.9 Å². The number of nitrogens with one attached hydrogen (secondary N) is 1. The zero-order valence-corrected chi connectivity index (χ0v) is 14.5. The summed E-state index contributed by atoms with van der Waals surface area (Å²) in [5, 5.41) is 3.72. The van der Waals surface area contributed by atoms with Gasteiger partial charge in [0.05, 0.1) is 0 Å². The number of hydrogen-bond acceptors (Lipinski definition) is 3. The van der Waals surface area contributed by atoms with Gasteiger partial charge in [-0.2, -0.15) is 0 Å². The summed E-state index contributed by atoms with van der Waals surface area (Å²) in [5.41, 5.74) is 5.05. The Morgan fingerprint density at radius 3 is 2.61 bits per heavy atom. The Bertz CT molecular complexity index is 684. The normalized spacial score (nSPS) is 23.2. The molecular weight excluding hydrogens is 284 g/mol. The van der Waals surface area contributed by atoms with Gasteiger partial charge in [-0.1, -0.05) is 13.0 Å². The van der Waals surface area contributed by atoms with E-state index in [1.165, 1.54) is 22.3 Å². The summed E-state index contributed by atoms with van der Waals surface area (Å²) in [6.45, 7) is 9.58. The molecule has 1 aromatic carbocycles. The summed E-state index contributed by atoms with van der Waals surface area (Å²) in [7, 11) is 0. The third-order valence-electron chi connectivity index (χ3n) is 5.04. The van der Waals surface area contributed by atoms with Gasteiger partial charge >= 0.3 is 0 Å². The molecule has 23 heavy (non-hydrogen) atoms. The van der Waals surface area contributed by atoms with E-state index in [4.69, 9.17) is 4.74 Å². The van der Waals surface area contributed by atoms with Gasteiger partial charge in [0.25, 0.3) is 0 Å². The highest BCUT2D eigenvalue weighted by atomic mass is 16.5. The van der Waals surface area contributed by atoms with E-state index in [1.807, 2.05) is 12.4 Å². The SMILES string of the molecule is CCC1(C)CC(NCc2ccncc2)c2cc(C)c(C)cc2O1. The first kappa shape index (κ1) is 16.0. The quantitative estimate of drug-likeness (QED) is 0.904. The summed E-state index contributed by atoms with van der Waals surface area (Å²) in [4.78, 5) is 4.09. The highest BCUT2D eigenvalue weighted by Crippen LogP contribution is 2.42. The Morgan fingerprint density at radius 1 is 1.22 bits per heavy atom. The molecule has 0 saturated heterocycles. The molecule has 0 spiro atoms. The van der Waals surface area contributed by atoms with E-state index in [0.29, 0.717) is 6.04 Å². The molecule has 2 atom stereocenters. The number of hydrogen-bond donors (Lipinski definition) is 1. The van der Waals surface area contributed by atoms with Crippen LogP contribution in [0.2, 0.25) is 0 Å². The molecule has 1 aliphatic heterocycles. The molecule has 3 nitrogen and oxygen atoms in total. The monoisotopic (exact) mass is 310 g/mol. The van der Waals surface area contributed by atoms with Crippen LogP contribution in [0, 0.1) is 13.8 Å². The van der Waals surface area contributed by atoms with Crippen LogP contribution in [0.25, 0.3) is 0 Å². The van der Waals surface area contributed by atoms with Crippen LogP contribution in [-0.4, -0.2) is 10.6 Å². The number of pyridine rings is 1. The second-order valence-corrected chi connectivity index (χ2v) is 6.87. The number of aryl methyl sites for hydroxylation is 2. The Kier molecular flexibility index (Phi) is 4.40. The number of nitrogens with zero attached hydrogens (tertiary/aromatic N) is 1.